The van der Waals surface area contributed by atoms with Crippen LogP contribution in [0.25, 0.3) is 16.9 Å². The van der Waals surface area contributed by atoms with E-state index < -0.39 is 17.7 Å². The van der Waals surface area contributed by atoms with E-state index in [2.05, 4.69) is 4.98 Å². The third kappa shape index (κ3) is 4.42. The minimum Gasteiger partial charge on any atom is -0.374 e. The molecule has 10 heteroatoms. The smallest absolute Gasteiger partial charge is 0.236 e. The quantitative estimate of drug-likeness (QED) is 0.544. The minimum atomic E-state index is -0.804. The van der Waals surface area contributed by atoms with Gasteiger partial charge in [-0.25, -0.2) is 13.8 Å². The summed E-state index contributed by atoms with van der Waals surface area (Å²) >= 11 is 0. The molecule has 0 aliphatic carbocycles. The molecule has 0 spiro atoms. The predicted molar refractivity (Wildman–Crippen MR) is 127 cm³/mol. The zero-order valence-corrected chi connectivity index (χ0v) is 19.8. The van der Waals surface area contributed by atoms with E-state index in [-0.39, 0.29) is 48.1 Å². The molecule has 0 bridgehead atoms. The molecule has 3 aromatic rings. The van der Waals surface area contributed by atoms with E-state index >= 15 is 8.78 Å². The number of benzene rings is 1. The van der Waals surface area contributed by atoms with Gasteiger partial charge in [0.05, 0.1) is 35.7 Å². The summed E-state index contributed by atoms with van der Waals surface area (Å²) in [6, 6.07) is 7.93. The number of ether oxygens (including phenoxy) is 1. The number of hydrogen-bond donors (Lipinski definition) is 0. The predicted octanol–water partition coefficient (Wildman–Crippen LogP) is 3.40. The molecule has 186 valence electrons. The summed E-state index contributed by atoms with van der Waals surface area (Å²) < 4.78 is 38.6. The van der Waals surface area contributed by atoms with E-state index in [9.17, 15) is 9.59 Å². The van der Waals surface area contributed by atoms with Crippen LogP contribution in [0.3, 0.4) is 0 Å². The van der Waals surface area contributed by atoms with Gasteiger partial charge in [0.15, 0.2) is 0 Å². The van der Waals surface area contributed by atoms with Crippen LogP contribution >= 0.6 is 0 Å². The number of carbonyl (C=O) groups excluding carboxylic acids is 2. The van der Waals surface area contributed by atoms with Crippen molar-refractivity contribution >= 4 is 23.1 Å². The largest absolute Gasteiger partial charge is 0.374 e. The molecule has 2 aliphatic rings. The van der Waals surface area contributed by atoms with Crippen molar-refractivity contribution in [3.05, 3.63) is 53.4 Å². The molecule has 5 rings (SSSR count). The molecule has 2 amide bonds. The summed E-state index contributed by atoms with van der Waals surface area (Å²) in [5.74, 6) is -2.04. The van der Waals surface area contributed by atoms with Crippen molar-refractivity contribution in [2.75, 3.05) is 31.1 Å². The van der Waals surface area contributed by atoms with Crippen molar-refractivity contribution in [1.29, 1.82) is 5.26 Å². The molecule has 0 saturated carbocycles. The Labute approximate surface area is 206 Å². The van der Waals surface area contributed by atoms with Crippen molar-refractivity contribution in [2.45, 2.75) is 38.7 Å². The van der Waals surface area contributed by atoms with Gasteiger partial charge in [-0.3, -0.25) is 9.59 Å². The Balaban J connectivity index is 1.54. The number of nitrogens with zero attached hydrogens (tertiary/aromatic N) is 5. The van der Waals surface area contributed by atoms with Gasteiger partial charge in [-0.2, -0.15) is 5.26 Å². The molecule has 4 heterocycles. The summed E-state index contributed by atoms with van der Waals surface area (Å²) in [7, 11) is 0. The topological polar surface area (TPSA) is 90.9 Å². The number of fused-ring (bicyclic) bond motifs is 1. The van der Waals surface area contributed by atoms with Crippen molar-refractivity contribution in [3.8, 4) is 17.3 Å². The Morgan fingerprint density at radius 1 is 1.25 bits per heavy atom. The van der Waals surface area contributed by atoms with Gasteiger partial charge in [0, 0.05) is 44.4 Å². The van der Waals surface area contributed by atoms with Crippen molar-refractivity contribution < 1.29 is 23.1 Å². The van der Waals surface area contributed by atoms with E-state index in [0.717, 1.165) is 5.56 Å². The number of aromatic nitrogens is 2. The first-order valence-electron chi connectivity index (χ1n) is 11.9. The molecule has 2 saturated heterocycles. The molecule has 2 fully saturated rings. The fourth-order valence-electron chi connectivity index (χ4n) is 4.92. The summed E-state index contributed by atoms with van der Waals surface area (Å²) in [6.07, 6.45) is 2.40. The van der Waals surface area contributed by atoms with Gasteiger partial charge in [-0.1, -0.05) is 0 Å². The lowest BCUT2D eigenvalue weighted by molar-refractivity contribution is -0.137. The zero-order valence-electron chi connectivity index (χ0n) is 19.8. The fraction of sp³-hybridized carbons (Fsp3) is 0.385. The number of imidazole rings is 1. The molecular weight excluding hydrogens is 468 g/mol. The highest BCUT2D eigenvalue weighted by molar-refractivity contribution is 5.95. The zero-order chi connectivity index (χ0) is 25.4. The minimum absolute atomic E-state index is 0.152. The van der Waals surface area contributed by atoms with Gasteiger partial charge in [0.1, 0.15) is 23.7 Å². The summed E-state index contributed by atoms with van der Waals surface area (Å²) in [6.45, 7) is 3.28. The number of morpholine rings is 1. The van der Waals surface area contributed by atoms with Crippen LogP contribution in [0.1, 0.15) is 30.5 Å². The second-order valence-electron chi connectivity index (χ2n) is 9.14. The number of aryl methyl sites for hydroxylation is 1. The normalized spacial score (nSPS) is 18.2. The SMILES string of the molecule is Cc1ccn2c(C[C@H]3CN(C(=O)CC#N)CCO3)c(-c3c(F)cc(N4CCCC4=O)cc3F)nc2c1. The summed E-state index contributed by atoms with van der Waals surface area (Å²) in [5, 5.41) is 8.87. The maximum atomic E-state index is 15.5. The van der Waals surface area contributed by atoms with Gasteiger partial charge in [-0.15, -0.1) is 0 Å². The molecule has 2 aliphatic heterocycles. The van der Waals surface area contributed by atoms with Crippen LogP contribution in [0.2, 0.25) is 0 Å². The van der Waals surface area contributed by atoms with Gasteiger partial charge < -0.3 is 18.9 Å². The maximum absolute atomic E-state index is 15.5. The third-order valence-electron chi connectivity index (χ3n) is 6.67. The van der Waals surface area contributed by atoms with E-state index in [0.29, 0.717) is 43.9 Å². The molecule has 0 radical (unpaired) electrons. The highest BCUT2D eigenvalue weighted by Crippen LogP contribution is 2.34. The number of amides is 2. The van der Waals surface area contributed by atoms with Crippen LogP contribution in [0.15, 0.2) is 30.5 Å². The Morgan fingerprint density at radius 3 is 2.72 bits per heavy atom. The van der Waals surface area contributed by atoms with Gasteiger partial charge in [0.2, 0.25) is 11.8 Å². The van der Waals surface area contributed by atoms with Gasteiger partial charge >= 0.3 is 0 Å². The molecule has 1 atom stereocenters. The number of rotatable bonds is 5. The fourth-order valence-corrected chi connectivity index (χ4v) is 4.92. The lowest BCUT2D eigenvalue weighted by atomic mass is 10.0. The third-order valence-corrected chi connectivity index (χ3v) is 6.67. The highest BCUT2D eigenvalue weighted by Gasteiger charge is 2.30. The van der Waals surface area contributed by atoms with Crippen LogP contribution in [0.4, 0.5) is 14.5 Å². The van der Waals surface area contributed by atoms with Crippen LogP contribution in [0.5, 0.6) is 0 Å². The molecule has 0 N–H and O–H groups in total. The number of pyridine rings is 1. The molecule has 36 heavy (non-hydrogen) atoms. The first-order valence-corrected chi connectivity index (χ1v) is 11.9. The first-order chi connectivity index (χ1) is 17.4. The molecule has 1 aromatic carbocycles. The van der Waals surface area contributed by atoms with Crippen molar-refractivity contribution in [1.82, 2.24) is 14.3 Å². The van der Waals surface area contributed by atoms with E-state index in [4.69, 9.17) is 10.00 Å². The van der Waals surface area contributed by atoms with E-state index in [1.165, 1.54) is 17.0 Å². The summed E-state index contributed by atoms with van der Waals surface area (Å²) in [4.78, 5) is 31.9. The molecular formula is C26H25F2N5O3. The van der Waals surface area contributed by atoms with Crippen LogP contribution in [0, 0.1) is 29.9 Å². The van der Waals surface area contributed by atoms with E-state index in [1.54, 1.807) is 15.5 Å². The Kier molecular flexibility index (Phi) is 6.41. The monoisotopic (exact) mass is 493 g/mol. The second kappa shape index (κ2) is 9.66. The van der Waals surface area contributed by atoms with Crippen LogP contribution in [-0.2, 0) is 20.7 Å². The molecule has 8 nitrogen and oxygen atoms in total. The standard InChI is InChI=1S/C26H25F2N5O3/c1-16-5-8-33-21(14-18-15-31(9-10-36-18)23(34)4-6-29)26(30-22(33)11-16)25-19(27)12-17(13-20(25)28)32-7-2-3-24(32)35/h5,8,11-13,18H,2-4,7,9-10,14-15H2,1H3/t18-/m0/s1. The number of halogens is 2. The lowest BCUT2D eigenvalue weighted by Crippen LogP contribution is -2.46. The average Bonchev–Trinajstić information content (AvgIpc) is 3.42. The maximum Gasteiger partial charge on any atom is 0.236 e. The van der Waals surface area contributed by atoms with Crippen molar-refractivity contribution in [3.63, 3.8) is 0 Å². The summed E-state index contributed by atoms with van der Waals surface area (Å²) in [5.41, 5.74) is 2.10. The number of anilines is 1. The number of nitriles is 1. The number of hydrogen-bond acceptors (Lipinski definition) is 5. The molecule has 2 aromatic heterocycles. The lowest BCUT2D eigenvalue weighted by Gasteiger charge is -2.32. The number of carbonyl (C=O) groups is 2. The Hall–Kier alpha value is -3.84. The Bertz CT molecular complexity index is 1370. The van der Waals surface area contributed by atoms with Crippen molar-refractivity contribution in [2.24, 2.45) is 0 Å². The van der Waals surface area contributed by atoms with Crippen LogP contribution < -0.4 is 4.90 Å². The highest BCUT2D eigenvalue weighted by atomic mass is 19.1. The van der Waals surface area contributed by atoms with Gasteiger partial charge in [-0.05, 0) is 43.2 Å². The average molecular weight is 494 g/mol. The van der Waals surface area contributed by atoms with E-state index in [1.807, 2.05) is 25.1 Å². The van der Waals surface area contributed by atoms with Gasteiger partial charge in [0.25, 0.3) is 0 Å². The second-order valence-corrected chi connectivity index (χ2v) is 9.14. The Morgan fingerprint density at radius 2 is 2.03 bits per heavy atom. The molecule has 0 unspecified atom stereocenters. The van der Waals surface area contributed by atoms with Crippen LogP contribution in [-0.4, -0.2) is 58.4 Å². The first kappa shape index (κ1) is 23.9.